The summed E-state index contributed by atoms with van der Waals surface area (Å²) in [6.07, 6.45) is 0. The minimum Gasteiger partial charge on any atom is -0.486 e. The van der Waals surface area contributed by atoms with Crippen molar-refractivity contribution in [3.05, 3.63) is 151 Å². The quantitative estimate of drug-likeness (QED) is 0.206. The molecule has 4 heteroatoms. The Morgan fingerprint density at radius 3 is 2.16 bits per heavy atom. The van der Waals surface area contributed by atoms with Gasteiger partial charge in [-0.3, -0.25) is 0 Å². The first-order valence-electron chi connectivity index (χ1n) is 15.2. The summed E-state index contributed by atoms with van der Waals surface area (Å²) in [5.41, 5.74) is 15.4. The lowest BCUT2D eigenvalue weighted by Gasteiger charge is -2.14. The molecule has 0 spiro atoms. The molecule has 4 nitrogen and oxygen atoms in total. The summed E-state index contributed by atoms with van der Waals surface area (Å²) in [4.78, 5) is 0. The second-order valence-corrected chi connectivity index (χ2v) is 11.5. The Balaban J connectivity index is 1.11. The molecule has 2 aromatic heterocycles. The maximum absolute atomic E-state index is 6.70. The second-order valence-electron chi connectivity index (χ2n) is 11.5. The number of hydrogen-bond acceptors (Lipinski definition) is 3. The number of hydrogen-bond donors (Lipinski definition) is 1. The van der Waals surface area contributed by atoms with Crippen molar-refractivity contribution in [2.75, 3.05) is 5.73 Å². The molecular formula is C41H28N2O2. The van der Waals surface area contributed by atoms with Crippen molar-refractivity contribution in [1.29, 1.82) is 0 Å². The van der Waals surface area contributed by atoms with Crippen LogP contribution in [0.25, 0.3) is 71.3 Å². The van der Waals surface area contributed by atoms with Gasteiger partial charge in [0.15, 0.2) is 5.75 Å². The van der Waals surface area contributed by atoms with Crippen LogP contribution in [-0.2, 0) is 6.61 Å². The lowest BCUT2D eigenvalue weighted by Crippen LogP contribution is -2.01. The first-order chi connectivity index (χ1) is 22.2. The Hall–Kier alpha value is -6.00. The Morgan fingerprint density at radius 2 is 1.31 bits per heavy atom. The van der Waals surface area contributed by atoms with Crippen molar-refractivity contribution >= 4 is 60.2 Å². The van der Waals surface area contributed by atoms with Crippen LogP contribution in [0.4, 0.5) is 5.69 Å². The smallest absolute Gasteiger partial charge is 0.154 e. The van der Waals surface area contributed by atoms with E-state index in [1.54, 1.807) is 0 Å². The van der Waals surface area contributed by atoms with Crippen LogP contribution in [0.15, 0.2) is 150 Å². The highest BCUT2D eigenvalue weighted by Gasteiger charge is 2.20. The zero-order valence-electron chi connectivity index (χ0n) is 24.4. The van der Waals surface area contributed by atoms with Crippen LogP contribution < -0.4 is 10.5 Å². The number of nitrogens with zero attached hydrogens (tertiary/aromatic N) is 1. The predicted octanol–water partition coefficient (Wildman–Crippen LogP) is 10.7. The van der Waals surface area contributed by atoms with E-state index in [0.29, 0.717) is 18.0 Å². The highest BCUT2D eigenvalue weighted by Crippen LogP contribution is 2.45. The number of benzene rings is 7. The zero-order valence-corrected chi connectivity index (χ0v) is 24.4. The molecule has 2 N–H and O–H groups in total. The number of fused-ring (bicyclic) bond motifs is 8. The molecule has 9 aromatic rings. The molecular weight excluding hydrogens is 552 g/mol. The van der Waals surface area contributed by atoms with E-state index >= 15 is 0 Å². The van der Waals surface area contributed by atoms with E-state index in [1.807, 2.05) is 42.5 Å². The van der Waals surface area contributed by atoms with Gasteiger partial charge in [-0.15, -0.1) is 0 Å². The molecule has 0 bridgehead atoms. The molecule has 214 valence electrons. The monoisotopic (exact) mass is 580 g/mol. The fourth-order valence-electron chi connectivity index (χ4n) is 6.79. The van der Waals surface area contributed by atoms with Gasteiger partial charge in [0.05, 0.1) is 22.1 Å². The minimum atomic E-state index is 0.377. The lowest BCUT2D eigenvalue weighted by atomic mass is 10.0. The van der Waals surface area contributed by atoms with Crippen molar-refractivity contribution in [3.8, 4) is 22.6 Å². The molecule has 0 aliphatic carbocycles. The van der Waals surface area contributed by atoms with Gasteiger partial charge in [-0.1, -0.05) is 109 Å². The molecule has 0 unspecified atom stereocenters. The molecule has 0 fully saturated rings. The Morgan fingerprint density at radius 1 is 0.600 bits per heavy atom. The summed E-state index contributed by atoms with van der Waals surface area (Å²) in [5, 5.41) is 6.93. The number of para-hydroxylation sites is 2. The van der Waals surface area contributed by atoms with Gasteiger partial charge in [0.2, 0.25) is 0 Å². The van der Waals surface area contributed by atoms with Crippen LogP contribution in [-0.4, -0.2) is 4.57 Å². The van der Waals surface area contributed by atoms with Crippen LogP contribution in [0.5, 0.6) is 5.75 Å². The summed E-state index contributed by atoms with van der Waals surface area (Å²) in [5.74, 6) is 0.646. The highest BCUT2D eigenvalue weighted by molar-refractivity contribution is 6.21. The molecule has 2 heterocycles. The van der Waals surface area contributed by atoms with Crippen LogP contribution >= 0.6 is 0 Å². The first-order valence-corrected chi connectivity index (χ1v) is 15.2. The minimum absolute atomic E-state index is 0.377. The topological polar surface area (TPSA) is 53.3 Å². The van der Waals surface area contributed by atoms with Gasteiger partial charge in [-0.2, -0.15) is 0 Å². The second kappa shape index (κ2) is 10.0. The molecule has 0 amide bonds. The van der Waals surface area contributed by atoms with Crippen molar-refractivity contribution < 1.29 is 9.15 Å². The number of nitrogens with two attached hydrogens (primary N) is 1. The Labute approximate surface area is 259 Å². The number of aromatic nitrogens is 1. The van der Waals surface area contributed by atoms with E-state index in [1.165, 1.54) is 32.6 Å². The fraction of sp³-hybridized carbons (Fsp3) is 0.0244. The van der Waals surface area contributed by atoms with Gasteiger partial charge in [0.1, 0.15) is 17.8 Å². The normalized spacial score (nSPS) is 11.7. The van der Waals surface area contributed by atoms with Gasteiger partial charge >= 0.3 is 0 Å². The third-order valence-electron chi connectivity index (χ3n) is 8.85. The van der Waals surface area contributed by atoms with Crippen molar-refractivity contribution in [2.45, 2.75) is 6.61 Å². The maximum atomic E-state index is 6.70. The summed E-state index contributed by atoms with van der Waals surface area (Å²) in [6, 6.07) is 50.5. The zero-order chi connectivity index (χ0) is 29.9. The average molecular weight is 581 g/mol. The lowest BCUT2D eigenvalue weighted by molar-refractivity contribution is 0.312. The van der Waals surface area contributed by atoms with Crippen molar-refractivity contribution in [2.24, 2.45) is 0 Å². The Bertz CT molecular complexity index is 2540. The molecule has 0 saturated heterocycles. The Kier molecular flexibility index (Phi) is 5.69. The molecule has 0 aliphatic heterocycles. The molecule has 7 aromatic carbocycles. The number of ether oxygens (including phenoxy) is 1. The molecule has 0 radical (unpaired) electrons. The fourth-order valence-corrected chi connectivity index (χ4v) is 6.79. The summed E-state index contributed by atoms with van der Waals surface area (Å²) in [6.45, 7) is 0.377. The van der Waals surface area contributed by atoms with E-state index in [4.69, 9.17) is 14.9 Å². The van der Waals surface area contributed by atoms with Crippen LogP contribution in [0.2, 0.25) is 0 Å². The predicted molar refractivity (Wildman–Crippen MR) is 186 cm³/mol. The molecule has 0 saturated carbocycles. The van der Waals surface area contributed by atoms with Gasteiger partial charge in [-0.05, 0) is 58.3 Å². The van der Waals surface area contributed by atoms with Gasteiger partial charge in [0, 0.05) is 27.4 Å². The van der Waals surface area contributed by atoms with Crippen LogP contribution in [0.3, 0.4) is 0 Å². The third kappa shape index (κ3) is 4.00. The molecule has 0 aliphatic rings. The van der Waals surface area contributed by atoms with Crippen LogP contribution in [0.1, 0.15) is 5.56 Å². The van der Waals surface area contributed by atoms with E-state index < -0.39 is 0 Å². The SMILES string of the molecule is Nc1cc(-c2ccccc2)c2oc3ccccc3c2c1OCc1ccc(-n2c3ccccc3c3c4ccccc4ccc32)cc1. The summed E-state index contributed by atoms with van der Waals surface area (Å²) in [7, 11) is 0. The molecule has 9 rings (SSSR count). The largest absolute Gasteiger partial charge is 0.486 e. The van der Waals surface area contributed by atoms with Gasteiger partial charge in [0.25, 0.3) is 0 Å². The maximum Gasteiger partial charge on any atom is 0.154 e. The first kappa shape index (κ1) is 25.5. The van der Waals surface area contributed by atoms with E-state index in [-0.39, 0.29) is 0 Å². The summed E-state index contributed by atoms with van der Waals surface area (Å²) < 4.78 is 15.3. The highest BCUT2D eigenvalue weighted by atomic mass is 16.5. The third-order valence-corrected chi connectivity index (χ3v) is 8.85. The van der Waals surface area contributed by atoms with E-state index in [2.05, 4.69) is 108 Å². The van der Waals surface area contributed by atoms with Gasteiger partial charge in [-0.25, -0.2) is 0 Å². The van der Waals surface area contributed by atoms with E-state index in [9.17, 15) is 0 Å². The standard InChI is InChI=1S/C41H28N2O2/c42-34-24-33(27-10-2-1-3-11-27)40-39(32-15-7-9-17-37(32)45-40)41(34)44-25-26-18-21-29(22-19-26)43-35-16-8-6-14-31(35)38-30-13-5-4-12-28(30)20-23-36(38)43/h1-24H,25,42H2. The molecule has 45 heavy (non-hydrogen) atoms. The summed E-state index contributed by atoms with van der Waals surface area (Å²) >= 11 is 0. The number of rotatable bonds is 5. The van der Waals surface area contributed by atoms with Crippen molar-refractivity contribution in [1.82, 2.24) is 4.57 Å². The van der Waals surface area contributed by atoms with Crippen LogP contribution in [0, 0.1) is 0 Å². The number of anilines is 1. The average Bonchev–Trinajstić information content (AvgIpc) is 3.65. The molecule has 0 atom stereocenters. The van der Waals surface area contributed by atoms with Crippen molar-refractivity contribution in [3.63, 3.8) is 0 Å². The number of furan rings is 1. The van der Waals surface area contributed by atoms with E-state index in [0.717, 1.165) is 44.3 Å². The number of nitrogen functional groups attached to an aromatic ring is 1. The van der Waals surface area contributed by atoms with Gasteiger partial charge < -0.3 is 19.5 Å².